The first kappa shape index (κ1) is 18.4. The Labute approximate surface area is 183 Å². The van der Waals surface area contributed by atoms with Gasteiger partial charge in [0.15, 0.2) is 5.70 Å². The molecule has 0 spiro atoms. The summed E-state index contributed by atoms with van der Waals surface area (Å²) in [6.45, 7) is 0. The van der Waals surface area contributed by atoms with Crippen molar-refractivity contribution in [3.8, 4) is 5.75 Å². The molecule has 0 aromatic heterocycles. The van der Waals surface area contributed by atoms with Gasteiger partial charge in [-0.05, 0) is 80.2 Å². The highest BCUT2D eigenvalue weighted by Crippen LogP contribution is 2.31. The van der Waals surface area contributed by atoms with Gasteiger partial charge in [0.05, 0.1) is 10.7 Å². The smallest absolute Gasteiger partial charge is 0.363 e. The lowest BCUT2D eigenvalue weighted by Crippen LogP contribution is -2.06. The lowest BCUT2D eigenvalue weighted by molar-refractivity contribution is -0.129. The highest BCUT2D eigenvalue weighted by Gasteiger charge is 2.26. The third-order valence-corrected chi connectivity index (χ3v) is 5.60. The highest BCUT2D eigenvalue weighted by atomic mass is 127. The summed E-state index contributed by atoms with van der Waals surface area (Å²) in [4.78, 5) is 16.9. The molecule has 3 aromatic rings. The zero-order valence-corrected chi connectivity index (χ0v) is 18.5. The predicted molar refractivity (Wildman–Crippen MR) is 123 cm³/mol. The number of esters is 1. The number of hydrogen-bond donors (Lipinski definition) is 0. The molecule has 0 radical (unpaired) electrons. The SMILES string of the molecule is COc1c(I)cc(I)cc1/C=C1\N=C(c2cccc3ccccc23)OC1=O. The number of fused-ring (bicyclic) bond motifs is 1. The van der Waals surface area contributed by atoms with Gasteiger partial charge < -0.3 is 9.47 Å². The first-order chi connectivity index (χ1) is 13.1. The number of aliphatic imine (C=N–C) groups is 1. The molecule has 0 saturated carbocycles. The molecule has 0 atom stereocenters. The number of ether oxygens (including phenoxy) is 2. The van der Waals surface area contributed by atoms with Gasteiger partial charge in [-0.15, -0.1) is 0 Å². The van der Waals surface area contributed by atoms with Crippen LogP contribution in [-0.2, 0) is 9.53 Å². The number of carbonyl (C=O) groups is 1. The van der Waals surface area contributed by atoms with E-state index in [1.807, 2.05) is 54.6 Å². The highest BCUT2D eigenvalue weighted by molar-refractivity contribution is 14.1. The third kappa shape index (κ3) is 3.60. The zero-order valence-electron chi connectivity index (χ0n) is 14.2. The van der Waals surface area contributed by atoms with Gasteiger partial charge in [0.1, 0.15) is 5.75 Å². The van der Waals surface area contributed by atoms with Crippen molar-refractivity contribution in [3.05, 3.63) is 78.6 Å². The summed E-state index contributed by atoms with van der Waals surface area (Å²) in [5, 5.41) is 2.06. The van der Waals surface area contributed by atoms with Crippen molar-refractivity contribution in [2.45, 2.75) is 0 Å². The maximum Gasteiger partial charge on any atom is 0.363 e. The second-order valence-corrected chi connectivity index (χ2v) is 8.28. The number of halogens is 2. The molecular weight excluding hydrogens is 568 g/mol. The number of carbonyl (C=O) groups excluding carboxylic acids is 1. The number of nitrogens with zero attached hydrogens (tertiary/aromatic N) is 1. The second-order valence-electron chi connectivity index (χ2n) is 5.87. The fourth-order valence-electron chi connectivity index (χ4n) is 2.99. The molecule has 0 unspecified atom stereocenters. The van der Waals surface area contributed by atoms with Crippen molar-refractivity contribution in [2.24, 2.45) is 4.99 Å². The van der Waals surface area contributed by atoms with Crippen LogP contribution in [0.1, 0.15) is 11.1 Å². The molecule has 1 heterocycles. The molecule has 1 aliphatic rings. The molecule has 0 N–H and O–H groups in total. The maximum absolute atomic E-state index is 12.4. The van der Waals surface area contributed by atoms with Crippen LogP contribution in [0.15, 0.2) is 65.3 Å². The van der Waals surface area contributed by atoms with Crippen LogP contribution in [0.3, 0.4) is 0 Å². The minimum Gasteiger partial charge on any atom is -0.495 e. The van der Waals surface area contributed by atoms with Gasteiger partial charge in [0.25, 0.3) is 0 Å². The number of hydrogen-bond acceptors (Lipinski definition) is 4. The normalized spacial score (nSPS) is 15.1. The van der Waals surface area contributed by atoms with E-state index in [4.69, 9.17) is 9.47 Å². The van der Waals surface area contributed by atoms with Gasteiger partial charge in [-0.1, -0.05) is 36.4 Å². The number of cyclic esters (lactones) is 1. The summed E-state index contributed by atoms with van der Waals surface area (Å²) in [7, 11) is 1.62. The molecule has 4 rings (SSSR count). The number of rotatable bonds is 3. The van der Waals surface area contributed by atoms with Crippen LogP contribution in [-0.4, -0.2) is 19.0 Å². The van der Waals surface area contributed by atoms with Gasteiger partial charge in [0.2, 0.25) is 5.90 Å². The van der Waals surface area contributed by atoms with Crippen LogP contribution >= 0.6 is 45.2 Å². The Bertz CT molecular complexity index is 1130. The van der Waals surface area contributed by atoms with Gasteiger partial charge >= 0.3 is 5.97 Å². The molecule has 0 aliphatic carbocycles. The van der Waals surface area contributed by atoms with Crippen LogP contribution in [0.5, 0.6) is 5.75 Å². The van der Waals surface area contributed by atoms with Crippen molar-refractivity contribution in [1.82, 2.24) is 0 Å². The van der Waals surface area contributed by atoms with Gasteiger partial charge in [0, 0.05) is 14.7 Å². The van der Waals surface area contributed by atoms with E-state index in [0.717, 1.165) is 29.0 Å². The summed E-state index contributed by atoms with van der Waals surface area (Å²) in [6.07, 6.45) is 1.71. The predicted octanol–water partition coefficient (Wildman–Crippen LogP) is 5.40. The lowest BCUT2D eigenvalue weighted by atomic mass is 10.0. The zero-order chi connectivity index (χ0) is 19.0. The standard InChI is InChI=1S/C21H13I2NO3/c1-26-19-13(9-14(22)11-17(19)23)10-18-21(25)27-20(24-18)16-8-4-6-12-5-2-3-7-15(12)16/h2-11H,1H3/b18-10-. The minimum atomic E-state index is -0.464. The molecule has 134 valence electrons. The van der Waals surface area contributed by atoms with Crippen molar-refractivity contribution >= 4 is 73.9 Å². The van der Waals surface area contributed by atoms with E-state index in [9.17, 15) is 4.79 Å². The summed E-state index contributed by atoms with van der Waals surface area (Å²) in [6, 6.07) is 17.8. The Morgan fingerprint density at radius 3 is 2.67 bits per heavy atom. The minimum absolute atomic E-state index is 0.258. The van der Waals surface area contributed by atoms with E-state index in [0.29, 0.717) is 11.6 Å². The lowest BCUT2D eigenvalue weighted by Gasteiger charge is -2.08. The molecule has 3 aromatic carbocycles. The average Bonchev–Trinajstić information content (AvgIpc) is 3.01. The quantitative estimate of drug-likeness (QED) is 0.237. The van der Waals surface area contributed by atoms with Crippen molar-refractivity contribution in [3.63, 3.8) is 0 Å². The molecule has 0 amide bonds. The van der Waals surface area contributed by atoms with Crippen molar-refractivity contribution in [2.75, 3.05) is 7.11 Å². The molecule has 6 heteroatoms. The van der Waals surface area contributed by atoms with E-state index < -0.39 is 5.97 Å². The summed E-state index contributed by atoms with van der Waals surface area (Å²) < 4.78 is 13.0. The Morgan fingerprint density at radius 1 is 1.07 bits per heavy atom. The number of benzene rings is 3. The van der Waals surface area contributed by atoms with E-state index in [1.54, 1.807) is 13.2 Å². The van der Waals surface area contributed by atoms with Gasteiger partial charge in [-0.3, -0.25) is 0 Å². The molecule has 0 fully saturated rings. The first-order valence-corrected chi connectivity index (χ1v) is 10.3. The molecule has 0 saturated heterocycles. The van der Waals surface area contributed by atoms with E-state index >= 15 is 0 Å². The fourth-order valence-corrected chi connectivity index (χ4v) is 5.10. The fraction of sp³-hybridized carbons (Fsp3) is 0.0476. The number of methoxy groups -OCH3 is 1. The van der Waals surface area contributed by atoms with Gasteiger partial charge in [-0.2, -0.15) is 0 Å². The molecule has 0 bridgehead atoms. The topological polar surface area (TPSA) is 47.9 Å². The second kappa shape index (κ2) is 7.59. The summed E-state index contributed by atoms with van der Waals surface area (Å²) in [5.74, 6) is 0.571. The Hall–Kier alpha value is -1.94. The molecular formula is C21H13I2NO3. The van der Waals surface area contributed by atoms with Crippen molar-refractivity contribution < 1.29 is 14.3 Å². The van der Waals surface area contributed by atoms with Gasteiger partial charge in [-0.25, -0.2) is 9.79 Å². The van der Waals surface area contributed by atoms with Crippen LogP contribution in [0.25, 0.3) is 16.8 Å². The Balaban J connectivity index is 1.81. The van der Waals surface area contributed by atoms with E-state index in [2.05, 4.69) is 50.2 Å². The van der Waals surface area contributed by atoms with Crippen LogP contribution < -0.4 is 4.74 Å². The van der Waals surface area contributed by atoms with Crippen LogP contribution in [0.2, 0.25) is 0 Å². The van der Waals surface area contributed by atoms with Crippen molar-refractivity contribution in [1.29, 1.82) is 0 Å². The van der Waals surface area contributed by atoms with E-state index in [1.165, 1.54) is 0 Å². The largest absolute Gasteiger partial charge is 0.495 e. The monoisotopic (exact) mass is 581 g/mol. The Morgan fingerprint density at radius 2 is 1.85 bits per heavy atom. The molecule has 4 nitrogen and oxygen atoms in total. The third-order valence-electron chi connectivity index (χ3n) is 4.17. The average molecular weight is 581 g/mol. The van der Waals surface area contributed by atoms with E-state index in [-0.39, 0.29) is 5.70 Å². The summed E-state index contributed by atoms with van der Waals surface area (Å²) >= 11 is 4.45. The molecule has 1 aliphatic heterocycles. The van der Waals surface area contributed by atoms with Crippen LogP contribution in [0, 0.1) is 7.14 Å². The maximum atomic E-state index is 12.4. The summed E-state index contributed by atoms with van der Waals surface area (Å²) in [5.41, 5.74) is 1.85. The Kier molecular flexibility index (Phi) is 5.18. The van der Waals surface area contributed by atoms with Crippen LogP contribution in [0.4, 0.5) is 0 Å². The first-order valence-electron chi connectivity index (χ1n) is 8.10. The molecule has 27 heavy (non-hydrogen) atoms.